The van der Waals surface area contributed by atoms with E-state index in [1.807, 2.05) is 23.2 Å². The third kappa shape index (κ3) is 2.53. The minimum atomic E-state index is 0.0518. The van der Waals surface area contributed by atoms with E-state index in [2.05, 4.69) is 21.1 Å². The van der Waals surface area contributed by atoms with Crippen LogP contribution in [0.3, 0.4) is 0 Å². The van der Waals surface area contributed by atoms with Gasteiger partial charge < -0.3 is 9.42 Å². The van der Waals surface area contributed by atoms with E-state index in [1.165, 1.54) is 6.20 Å². The van der Waals surface area contributed by atoms with Crippen LogP contribution in [-0.2, 0) is 6.54 Å². The van der Waals surface area contributed by atoms with Crippen molar-refractivity contribution in [1.29, 1.82) is 0 Å². The SMILES string of the molecule is Cc1oncc1C(=O)N1CC[C@@H]2[C@H]1CCN2Cc1ccccn1. The van der Waals surface area contributed by atoms with Crippen molar-refractivity contribution in [3.05, 3.63) is 47.6 Å². The van der Waals surface area contributed by atoms with Gasteiger partial charge in [-0.1, -0.05) is 11.2 Å². The van der Waals surface area contributed by atoms with Crippen LogP contribution in [0.2, 0.25) is 0 Å². The highest BCUT2D eigenvalue weighted by atomic mass is 16.5. The number of aryl methyl sites for hydroxylation is 1. The lowest BCUT2D eigenvalue weighted by Gasteiger charge is -2.25. The zero-order valence-corrected chi connectivity index (χ0v) is 13.2. The topological polar surface area (TPSA) is 62.5 Å². The predicted molar refractivity (Wildman–Crippen MR) is 83.7 cm³/mol. The Kier molecular flexibility index (Phi) is 3.61. The monoisotopic (exact) mass is 312 g/mol. The first-order valence-electron chi connectivity index (χ1n) is 8.10. The predicted octanol–water partition coefficient (Wildman–Crippen LogP) is 1.87. The molecular weight excluding hydrogens is 292 g/mol. The van der Waals surface area contributed by atoms with E-state index >= 15 is 0 Å². The molecule has 6 heteroatoms. The molecule has 2 aromatic rings. The number of carbonyl (C=O) groups is 1. The lowest BCUT2D eigenvalue weighted by molar-refractivity contribution is 0.0730. The first kappa shape index (κ1) is 14.4. The van der Waals surface area contributed by atoms with Gasteiger partial charge in [-0.05, 0) is 31.9 Å². The first-order chi connectivity index (χ1) is 11.2. The molecule has 4 heterocycles. The summed E-state index contributed by atoms with van der Waals surface area (Å²) in [6, 6.07) is 6.75. The fraction of sp³-hybridized carbons (Fsp3) is 0.471. The third-order valence-electron chi connectivity index (χ3n) is 5.02. The average molecular weight is 312 g/mol. The number of aromatic nitrogens is 2. The number of hydrogen-bond donors (Lipinski definition) is 0. The molecule has 0 radical (unpaired) electrons. The molecule has 2 fully saturated rings. The van der Waals surface area contributed by atoms with Gasteiger partial charge in [0, 0.05) is 37.9 Å². The van der Waals surface area contributed by atoms with Crippen molar-refractivity contribution >= 4 is 5.91 Å². The minimum Gasteiger partial charge on any atom is -0.361 e. The summed E-state index contributed by atoms with van der Waals surface area (Å²) in [7, 11) is 0. The Hall–Kier alpha value is -2.21. The van der Waals surface area contributed by atoms with Crippen molar-refractivity contribution in [2.45, 2.75) is 38.4 Å². The summed E-state index contributed by atoms with van der Waals surface area (Å²) in [5.41, 5.74) is 1.68. The number of likely N-dealkylation sites (tertiary alicyclic amines) is 2. The van der Waals surface area contributed by atoms with Gasteiger partial charge >= 0.3 is 0 Å². The van der Waals surface area contributed by atoms with Crippen molar-refractivity contribution in [2.24, 2.45) is 0 Å². The van der Waals surface area contributed by atoms with Gasteiger partial charge in [0.15, 0.2) is 0 Å². The summed E-state index contributed by atoms with van der Waals surface area (Å²) >= 11 is 0. The number of fused-ring (bicyclic) bond motifs is 1. The third-order valence-corrected chi connectivity index (χ3v) is 5.02. The van der Waals surface area contributed by atoms with Crippen molar-refractivity contribution in [3.63, 3.8) is 0 Å². The Morgan fingerprint density at radius 2 is 2.17 bits per heavy atom. The van der Waals surface area contributed by atoms with Gasteiger partial charge in [-0.2, -0.15) is 0 Å². The summed E-state index contributed by atoms with van der Waals surface area (Å²) in [4.78, 5) is 21.6. The second-order valence-corrected chi connectivity index (χ2v) is 6.30. The Labute approximate surface area is 135 Å². The maximum Gasteiger partial charge on any atom is 0.259 e. The van der Waals surface area contributed by atoms with Crippen LogP contribution in [-0.4, -0.2) is 51.0 Å². The number of carbonyl (C=O) groups excluding carboxylic acids is 1. The molecule has 23 heavy (non-hydrogen) atoms. The Balaban J connectivity index is 1.48. The zero-order chi connectivity index (χ0) is 15.8. The van der Waals surface area contributed by atoms with Crippen LogP contribution in [0.1, 0.15) is 34.7 Å². The summed E-state index contributed by atoms with van der Waals surface area (Å²) < 4.78 is 5.04. The summed E-state index contributed by atoms with van der Waals surface area (Å²) in [6.45, 7) is 4.46. The zero-order valence-electron chi connectivity index (χ0n) is 13.2. The molecule has 4 rings (SSSR count). The first-order valence-corrected chi connectivity index (χ1v) is 8.10. The lowest BCUT2D eigenvalue weighted by atomic mass is 10.1. The molecule has 0 aromatic carbocycles. The van der Waals surface area contributed by atoms with Crippen LogP contribution in [0.5, 0.6) is 0 Å². The molecule has 1 amide bonds. The smallest absolute Gasteiger partial charge is 0.259 e. The van der Waals surface area contributed by atoms with Gasteiger partial charge in [0.2, 0.25) is 0 Å². The van der Waals surface area contributed by atoms with Crippen LogP contribution in [0.25, 0.3) is 0 Å². The molecule has 2 aliphatic heterocycles. The highest BCUT2D eigenvalue weighted by Gasteiger charge is 2.44. The lowest BCUT2D eigenvalue weighted by Crippen LogP contribution is -2.39. The largest absolute Gasteiger partial charge is 0.361 e. The van der Waals surface area contributed by atoms with Crippen molar-refractivity contribution in [1.82, 2.24) is 19.9 Å². The van der Waals surface area contributed by atoms with Crippen LogP contribution < -0.4 is 0 Å². The van der Waals surface area contributed by atoms with Crippen molar-refractivity contribution in [3.8, 4) is 0 Å². The molecule has 2 aromatic heterocycles. The van der Waals surface area contributed by atoms with Gasteiger partial charge in [-0.3, -0.25) is 14.7 Å². The van der Waals surface area contributed by atoms with Gasteiger partial charge in [-0.15, -0.1) is 0 Å². The number of pyridine rings is 1. The minimum absolute atomic E-state index is 0.0518. The standard InChI is InChI=1S/C17H20N4O2/c1-12-14(10-19-23-12)17(22)21-9-6-15-16(21)5-8-20(15)11-13-4-2-3-7-18-13/h2-4,7,10,15-16H,5-6,8-9,11H2,1H3/t15-,16-/m1/s1. The van der Waals surface area contributed by atoms with Crippen molar-refractivity contribution in [2.75, 3.05) is 13.1 Å². The molecule has 120 valence electrons. The number of amides is 1. The van der Waals surface area contributed by atoms with Gasteiger partial charge in [0.05, 0.1) is 11.9 Å². The van der Waals surface area contributed by atoms with Gasteiger partial charge in [0.1, 0.15) is 11.3 Å². The fourth-order valence-corrected chi connectivity index (χ4v) is 3.88. The van der Waals surface area contributed by atoms with E-state index < -0.39 is 0 Å². The fourth-order valence-electron chi connectivity index (χ4n) is 3.88. The molecule has 2 aliphatic rings. The molecule has 0 saturated carbocycles. The van der Waals surface area contributed by atoms with Gasteiger partial charge in [0.25, 0.3) is 5.91 Å². The Morgan fingerprint density at radius 1 is 1.30 bits per heavy atom. The number of rotatable bonds is 3. The quantitative estimate of drug-likeness (QED) is 0.866. The summed E-state index contributed by atoms with van der Waals surface area (Å²) in [5.74, 6) is 0.651. The van der Waals surface area contributed by atoms with E-state index in [9.17, 15) is 4.79 Å². The van der Waals surface area contributed by atoms with E-state index in [-0.39, 0.29) is 5.91 Å². The molecule has 6 nitrogen and oxygen atoms in total. The summed E-state index contributed by atoms with van der Waals surface area (Å²) in [5, 5.41) is 3.73. The van der Waals surface area contributed by atoms with Gasteiger partial charge in [-0.25, -0.2) is 0 Å². The van der Waals surface area contributed by atoms with Crippen LogP contribution >= 0.6 is 0 Å². The molecule has 2 atom stereocenters. The second kappa shape index (κ2) is 5.77. The van der Waals surface area contributed by atoms with E-state index in [0.29, 0.717) is 23.4 Å². The molecule has 0 spiro atoms. The normalized spacial score (nSPS) is 24.1. The molecular formula is C17H20N4O2. The van der Waals surface area contributed by atoms with Crippen molar-refractivity contribution < 1.29 is 9.32 Å². The summed E-state index contributed by atoms with van der Waals surface area (Å²) in [6.07, 6.45) is 5.41. The Bertz CT molecular complexity index is 700. The molecule has 0 N–H and O–H groups in total. The van der Waals surface area contributed by atoms with Crippen LogP contribution in [0.15, 0.2) is 35.1 Å². The maximum atomic E-state index is 12.7. The van der Waals surface area contributed by atoms with E-state index in [1.54, 1.807) is 6.92 Å². The molecule has 0 aliphatic carbocycles. The second-order valence-electron chi connectivity index (χ2n) is 6.30. The molecule has 0 unspecified atom stereocenters. The number of nitrogens with zero attached hydrogens (tertiary/aromatic N) is 4. The number of hydrogen-bond acceptors (Lipinski definition) is 5. The molecule has 2 saturated heterocycles. The van der Waals surface area contributed by atoms with E-state index in [4.69, 9.17) is 4.52 Å². The van der Waals surface area contributed by atoms with E-state index in [0.717, 1.165) is 38.2 Å². The highest BCUT2D eigenvalue weighted by Crippen LogP contribution is 2.33. The Morgan fingerprint density at radius 3 is 2.91 bits per heavy atom. The molecule has 0 bridgehead atoms. The maximum absolute atomic E-state index is 12.7. The van der Waals surface area contributed by atoms with Crippen LogP contribution in [0.4, 0.5) is 0 Å². The van der Waals surface area contributed by atoms with Crippen LogP contribution in [0, 0.1) is 6.92 Å². The highest BCUT2D eigenvalue weighted by molar-refractivity contribution is 5.95. The average Bonchev–Trinajstić information content (AvgIpc) is 3.25.